The topological polar surface area (TPSA) is 71.4 Å². The molecule has 0 radical (unpaired) electrons. The van der Waals surface area contributed by atoms with E-state index in [0.717, 1.165) is 18.2 Å². The summed E-state index contributed by atoms with van der Waals surface area (Å²) in [7, 11) is 0. The van der Waals surface area contributed by atoms with Crippen LogP contribution >= 0.6 is 0 Å². The van der Waals surface area contributed by atoms with Gasteiger partial charge < -0.3 is 0 Å². The summed E-state index contributed by atoms with van der Waals surface area (Å²) in [6.45, 7) is 1.58. The van der Waals surface area contributed by atoms with Crippen LogP contribution in [-0.2, 0) is 12.4 Å². The van der Waals surface area contributed by atoms with E-state index in [1.165, 1.54) is 18.2 Å². The van der Waals surface area contributed by atoms with Crippen LogP contribution in [0.15, 0.2) is 96.1 Å². The first-order valence-electron chi connectivity index (χ1n) is 15.0. The maximum Gasteiger partial charge on any atom is 0.419 e. The molecule has 0 fully saturated rings. The second-order valence-corrected chi connectivity index (χ2v) is 11.9. The van der Waals surface area contributed by atoms with Crippen molar-refractivity contribution in [1.29, 1.82) is 15.8 Å². The van der Waals surface area contributed by atoms with Gasteiger partial charge in [-0.25, -0.2) is 8.78 Å². The number of allylic oxidation sites excluding steroid dienone is 2. The van der Waals surface area contributed by atoms with E-state index in [4.69, 9.17) is 0 Å². The van der Waals surface area contributed by atoms with E-state index >= 15 is 0 Å². The lowest BCUT2D eigenvalue weighted by molar-refractivity contribution is -0.140. The predicted molar refractivity (Wildman–Crippen MR) is 173 cm³/mol. The van der Waals surface area contributed by atoms with Gasteiger partial charge in [0.05, 0.1) is 17.2 Å². The first-order valence-corrected chi connectivity index (χ1v) is 15.0. The van der Waals surface area contributed by atoms with Crippen LogP contribution in [0.1, 0.15) is 40.3 Å². The Hall–Kier alpha value is -6.51. The predicted octanol–water partition coefficient (Wildman–Crippen LogP) is 11.5. The van der Waals surface area contributed by atoms with Gasteiger partial charge in [0.2, 0.25) is 0 Å². The lowest BCUT2D eigenvalue weighted by Gasteiger charge is -2.12. The summed E-state index contributed by atoms with van der Waals surface area (Å²) in [5.41, 5.74) is 2.95. The summed E-state index contributed by atoms with van der Waals surface area (Å²) < 4.78 is 109. The first-order chi connectivity index (χ1) is 24.2. The average Bonchev–Trinajstić information content (AvgIpc) is 3.58. The lowest BCUT2D eigenvalue weighted by atomic mass is 9.93. The van der Waals surface area contributed by atoms with Crippen LogP contribution in [0.3, 0.4) is 0 Å². The fourth-order valence-corrected chi connectivity index (χ4v) is 6.79. The van der Waals surface area contributed by atoms with Gasteiger partial charge in [0.15, 0.2) is 0 Å². The van der Waals surface area contributed by atoms with Crippen LogP contribution in [-0.4, -0.2) is 0 Å². The molecule has 0 spiro atoms. The van der Waals surface area contributed by atoms with Gasteiger partial charge in [0.25, 0.3) is 0 Å². The number of rotatable bonds is 2. The van der Waals surface area contributed by atoms with Crippen molar-refractivity contribution in [3.63, 3.8) is 0 Å². The molecular formula is C40H17F8N3. The SMILES string of the molecule is C/C(C#N)=C1\c2cc(-c3ccc(F)c(C(F)(F)F)c3)ccc2-c2cc3c(cc21)-c1ccc(-c2ccc(F)c(C(F)(F)F)c2)cc1C3=C(C#N)C#N. The molecule has 5 aromatic carbocycles. The lowest BCUT2D eigenvalue weighted by Crippen LogP contribution is -2.08. The zero-order valence-electron chi connectivity index (χ0n) is 25.9. The van der Waals surface area contributed by atoms with E-state index in [1.54, 1.807) is 49.4 Å². The molecule has 5 aromatic rings. The molecule has 3 nitrogen and oxygen atoms in total. The van der Waals surface area contributed by atoms with E-state index in [-0.39, 0.29) is 33.4 Å². The monoisotopic (exact) mass is 691 g/mol. The van der Waals surface area contributed by atoms with Crippen LogP contribution in [0.25, 0.3) is 55.7 Å². The molecule has 0 bridgehead atoms. The van der Waals surface area contributed by atoms with E-state index < -0.39 is 35.1 Å². The van der Waals surface area contributed by atoms with E-state index in [0.29, 0.717) is 61.7 Å². The molecule has 2 aliphatic carbocycles. The Bertz CT molecular complexity index is 2550. The maximum atomic E-state index is 14.1. The third-order valence-corrected chi connectivity index (χ3v) is 9.08. The third-order valence-electron chi connectivity index (χ3n) is 9.08. The second-order valence-electron chi connectivity index (χ2n) is 11.9. The molecule has 0 N–H and O–H groups in total. The minimum Gasteiger partial charge on any atom is -0.206 e. The van der Waals surface area contributed by atoms with Crippen molar-refractivity contribution in [3.8, 4) is 62.7 Å². The second kappa shape index (κ2) is 11.5. The van der Waals surface area contributed by atoms with E-state index in [2.05, 4.69) is 6.07 Å². The molecule has 7 rings (SSSR count). The molecule has 0 amide bonds. The van der Waals surface area contributed by atoms with Crippen LogP contribution < -0.4 is 0 Å². The van der Waals surface area contributed by atoms with Gasteiger partial charge in [-0.2, -0.15) is 42.1 Å². The van der Waals surface area contributed by atoms with Gasteiger partial charge >= 0.3 is 12.4 Å². The summed E-state index contributed by atoms with van der Waals surface area (Å²) in [5.74, 6) is -2.84. The Morgan fingerprint density at radius 3 is 1.24 bits per heavy atom. The Morgan fingerprint density at radius 1 is 0.451 bits per heavy atom. The van der Waals surface area contributed by atoms with Crippen LogP contribution in [0.5, 0.6) is 0 Å². The van der Waals surface area contributed by atoms with Crippen molar-refractivity contribution < 1.29 is 35.1 Å². The number of hydrogen-bond donors (Lipinski definition) is 0. The van der Waals surface area contributed by atoms with Crippen molar-refractivity contribution in [2.24, 2.45) is 0 Å². The van der Waals surface area contributed by atoms with E-state index in [1.807, 2.05) is 12.1 Å². The zero-order chi connectivity index (χ0) is 36.6. The zero-order valence-corrected chi connectivity index (χ0v) is 25.9. The first kappa shape index (κ1) is 33.0. The Kier molecular flexibility index (Phi) is 7.47. The normalized spacial score (nSPS) is 13.7. The molecular weight excluding hydrogens is 674 g/mol. The maximum absolute atomic E-state index is 14.1. The minimum absolute atomic E-state index is 0.0582. The van der Waals surface area contributed by atoms with Gasteiger partial charge in [0.1, 0.15) is 29.3 Å². The average molecular weight is 692 g/mol. The number of alkyl halides is 6. The van der Waals surface area contributed by atoms with Gasteiger partial charge in [-0.1, -0.05) is 36.4 Å². The van der Waals surface area contributed by atoms with Gasteiger partial charge in [-0.15, -0.1) is 0 Å². The highest BCUT2D eigenvalue weighted by molar-refractivity contribution is 6.11. The number of nitriles is 3. The summed E-state index contributed by atoms with van der Waals surface area (Å²) in [4.78, 5) is 0. The molecule has 0 heterocycles. The number of benzene rings is 5. The smallest absolute Gasteiger partial charge is 0.206 e. The molecule has 248 valence electrons. The number of fused-ring (bicyclic) bond motifs is 6. The summed E-state index contributed by atoms with van der Waals surface area (Å²) >= 11 is 0. The van der Waals surface area contributed by atoms with Crippen LogP contribution in [0, 0.1) is 45.6 Å². The summed E-state index contributed by atoms with van der Waals surface area (Å²) in [5, 5.41) is 29.9. The number of hydrogen-bond acceptors (Lipinski definition) is 3. The fourth-order valence-electron chi connectivity index (χ4n) is 6.79. The molecule has 0 unspecified atom stereocenters. The molecule has 11 heteroatoms. The Morgan fingerprint density at radius 2 is 0.824 bits per heavy atom. The Balaban J connectivity index is 1.42. The highest BCUT2D eigenvalue weighted by Crippen LogP contribution is 2.54. The van der Waals surface area contributed by atoms with Crippen LogP contribution in [0.4, 0.5) is 35.1 Å². The molecule has 0 saturated carbocycles. The fraction of sp³-hybridized carbons (Fsp3) is 0.0750. The highest BCUT2D eigenvalue weighted by Gasteiger charge is 2.37. The Labute approximate surface area is 284 Å². The quantitative estimate of drug-likeness (QED) is 0.134. The molecule has 0 aliphatic heterocycles. The molecule has 0 atom stereocenters. The molecule has 51 heavy (non-hydrogen) atoms. The van der Waals surface area contributed by atoms with Crippen molar-refractivity contribution in [3.05, 3.63) is 141 Å². The van der Waals surface area contributed by atoms with Crippen molar-refractivity contribution >= 4 is 11.1 Å². The van der Waals surface area contributed by atoms with Crippen molar-refractivity contribution in [1.82, 2.24) is 0 Å². The van der Waals surface area contributed by atoms with Gasteiger partial charge in [-0.05, 0) is 122 Å². The standard InChI is InChI=1S/C40H17F8N3/c1-19(16-49)37-29-10-20(22-4-8-35(41)33(12-22)39(43,44)45)2-6-25(29)27-15-32-28(14-31(27)37)26-7-3-21(11-30(26)38(32)24(17-50)18-51)23-5-9-36(42)34(13-23)40(46,47)48/h2-15H,1H3/b37-19-. The molecule has 0 saturated heterocycles. The van der Waals surface area contributed by atoms with E-state index in [9.17, 15) is 50.9 Å². The van der Waals surface area contributed by atoms with Gasteiger partial charge in [0, 0.05) is 16.7 Å². The summed E-state index contributed by atoms with van der Waals surface area (Å²) in [6, 6.07) is 24.3. The van der Waals surface area contributed by atoms with Crippen molar-refractivity contribution in [2.45, 2.75) is 19.3 Å². The van der Waals surface area contributed by atoms with Crippen molar-refractivity contribution in [2.75, 3.05) is 0 Å². The number of halogens is 8. The van der Waals surface area contributed by atoms with Gasteiger partial charge in [-0.3, -0.25) is 0 Å². The largest absolute Gasteiger partial charge is 0.419 e. The summed E-state index contributed by atoms with van der Waals surface area (Å²) in [6.07, 6.45) is -9.86. The molecule has 0 aromatic heterocycles. The molecule has 2 aliphatic rings. The number of nitrogens with zero attached hydrogens (tertiary/aromatic N) is 3. The third kappa shape index (κ3) is 5.24. The highest BCUT2D eigenvalue weighted by atomic mass is 19.4. The van der Waals surface area contributed by atoms with Crippen LogP contribution in [0.2, 0.25) is 0 Å². The minimum atomic E-state index is -4.94.